The molecule has 0 radical (unpaired) electrons. The zero-order valence-electron chi connectivity index (χ0n) is 14.8. The average Bonchev–Trinajstić information content (AvgIpc) is 3.34. The molecule has 0 amide bonds. The summed E-state index contributed by atoms with van der Waals surface area (Å²) in [5.74, 6) is 1.23. The number of pyridine rings is 1. The zero-order chi connectivity index (χ0) is 18.8. The summed E-state index contributed by atoms with van der Waals surface area (Å²) < 4.78 is 11.6. The van der Waals surface area contributed by atoms with Crippen LogP contribution in [0.15, 0.2) is 48.8 Å². The monoisotopic (exact) mass is 396 g/mol. The van der Waals surface area contributed by atoms with Gasteiger partial charge in [0.05, 0.1) is 30.0 Å². The summed E-state index contributed by atoms with van der Waals surface area (Å²) in [7, 11) is 3.14. The predicted octanol–water partition coefficient (Wildman–Crippen LogP) is 4.86. The zero-order valence-corrected chi connectivity index (χ0v) is 16.4. The van der Waals surface area contributed by atoms with Gasteiger partial charge in [0.15, 0.2) is 5.78 Å². The molecule has 4 rings (SSSR count). The fourth-order valence-electron chi connectivity index (χ4n) is 2.70. The van der Waals surface area contributed by atoms with Gasteiger partial charge in [0.1, 0.15) is 22.0 Å². The topological polar surface area (TPSA) is 61.3 Å². The summed E-state index contributed by atoms with van der Waals surface area (Å²) >= 11 is 3.22. The molecule has 0 atom stereocenters. The van der Waals surface area contributed by atoms with Gasteiger partial charge in [0, 0.05) is 29.1 Å². The molecule has 3 heterocycles. The van der Waals surface area contributed by atoms with Gasteiger partial charge in [-0.3, -0.25) is 9.78 Å². The number of hydrogen-bond donors (Lipinski definition) is 0. The van der Waals surface area contributed by atoms with Crippen molar-refractivity contribution < 1.29 is 14.3 Å². The van der Waals surface area contributed by atoms with E-state index in [1.54, 1.807) is 67.5 Å². The molecule has 136 valence electrons. The number of fused-ring (bicyclic) bond motifs is 1. The van der Waals surface area contributed by atoms with Crippen LogP contribution in [0, 0.1) is 0 Å². The van der Waals surface area contributed by atoms with E-state index in [9.17, 15) is 4.79 Å². The Labute approximate surface area is 164 Å². The van der Waals surface area contributed by atoms with Crippen molar-refractivity contribution in [3.8, 4) is 21.4 Å². The lowest BCUT2D eigenvalue weighted by atomic mass is 10.1. The van der Waals surface area contributed by atoms with Gasteiger partial charge in [-0.15, -0.1) is 22.7 Å². The van der Waals surface area contributed by atoms with E-state index in [0.29, 0.717) is 23.5 Å². The Morgan fingerprint density at radius 3 is 2.52 bits per heavy atom. The van der Waals surface area contributed by atoms with Crippen molar-refractivity contribution in [3.05, 3.63) is 59.2 Å². The number of carbonyl (C=O) groups is 1. The first-order chi connectivity index (χ1) is 13.2. The van der Waals surface area contributed by atoms with Gasteiger partial charge < -0.3 is 9.47 Å². The Morgan fingerprint density at radius 1 is 1.04 bits per heavy atom. The number of ether oxygens (including phenoxy) is 2. The minimum absolute atomic E-state index is 0.0223. The van der Waals surface area contributed by atoms with Crippen LogP contribution in [0.3, 0.4) is 0 Å². The maximum atomic E-state index is 12.7. The van der Waals surface area contributed by atoms with E-state index in [1.807, 2.05) is 18.2 Å². The number of aromatic nitrogens is 2. The Hall–Kier alpha value is -2.77. The number of thiophene rings is 1. The number of hydrogen-bond acceptors (Lipinski definition) is 7. The third-order valence-corrected chi connectivity index (χ3v) is 6.36. The maximum Gasteiger partial charge on any atom is 0.168 e. The molecule has 0 unspecified atom stereocenters. The number of Topliss-reactive ketones (excluding diaryl/α,β-unsaturated/α-hetero) is 1. The van der Waals surface area contributed by atoms with Crippen LogP contribution in [0.4, 0.5) is 0 Å². The summed E-state index contributed by atoms with van der Waals surface area (Å²) in [5.41, 5.74) is 1.47. The van der Waals surface area contributed by atoms with Crippen LogP contribution in [0.2, 0.25) is 0 Å². The minimum atomic E-state index is 0.0223. The van der Waals surface area contributed by atoms with Gasteiger partial charge in [-0.2, -0.15) is 0 Å². The second kappa shape index (κ2) is 7.46. The van der Waals surface area contributed by atoms with Crippen LogP contribution >= 0.6 is 22.7 Å². The SMILES string of the molecule is COc1cc(OC)cc(C(=O)Cc2ccc(-c3nc4cnccc4s3)s2)c1. The van der Waals surface area contributed by atoms with Crippen LogP contribution < -0.4 is 9.47 Å². The Morgan fingerprint density at radius 2 is 1.81 bits per heavy atom. The van der Waals surface area contributed by atoms with Crippen LogP contribution in [0.1, 0.15) is 15.2 Å². The van der Waals surface area contributed by atoms with Gasteiger partial charge in [-0.25, -0.2) is 4.98 Å². The van der Waals surface area contributed by atoms with Gasteiger partial charge >= 0.3 is 0 Å². The van der Waals surface area contributed by atoms with Gasteiger partial charge in [0.25, 0.3) is 0 Å². The molecule has 0 spiro atoms. The average molecular weight is 396 g/mol. The van der Waals surface area contributed by atoms with Crippen molar-refractivity contribution in [3.63, 3.8) is 0 Å². The summed E-state index contributed by atoms with van der Waals surface area (Å²) in [4.78, 5) is 23.5. The number of rotatable bonds is 6. The normalized spacial score (nSPS) is 10.9. The lowest BCUT2D eigenvalue weighted by molar-refractivity contribution is 0.0993. The summed E-state index contributed by atoms with van der Waals surface area (Å²) in [6, 6.07) is 11.2. The van der Waals surface area contributed by atoms with E-state index in [4.69, 9.17) is 9.47 Å². The molecule has 0 saturated carbocycles. The summed E-state index contributed by atoms with van der Waals surface area (Å²) in [5, 5.41) is 0.949. The maximum absolute atomic E-state index is 12.7. The first kappa shape index (κ1) is 17.6. The molecule has 0 bridgehead atoms. The molecule has 0 fully saturated rings. The molecule has 0 N–H and O–H groups in total. The molecule has 5 nitrogen and oxygen atoms in total. The fraction of sp³-hybridized carbons (Fsp3) is 0.150. The lowest BCUT2D eigenvalue weighted by Gasteiger charge is -2.07. The lowest BCUT2D eigenvalue weighted by Crippen LogP contribution is -2.03. The molecular formula is C20H16N2O3S2. The second-order valence-electron chi connectivity index (χ2n) is 5.83. The fourth-order valence-corrected chi connectivity index (χ4v) is 4.70. The number of methoxy groups -OCH3 is 2. The highest BCUT2D eigenvalue weighted by Crippen LogP contribution is 2.34. The molecule has 0 aliphatic rings. The van der Waals surface area contributed by atoms with Crippen molar-refractivity contribution >= 4 is 38.7 Å². The van der Waals surface area contributed by atoms with E-state index in [0.717, 1.165) is 25.0 Å². The molecular weight excluding hydrogens is 380 g/mol. The number of nitrogens with zero attached hydrogens (tertiary/aromatic N) is 2. The highest BCUT2D eigenvalue weighted by atomic mass is 32.1. The Balaban J connectivity index is 1.56. The van der Waals surface area contributed by atoms with Gasteiger partial charge in [-0.1, -0.05) is 0 Å². The minimum Gasteiger partial charge on any atom is -0.497 e. The van der Waals surface area contributed by atoms with Crippen molar-refractivity contribution in [1.29, 1.82) is 0 Å². The highest BCUT2D eigenvalue weighted by molar-refractivity contribution is 7.25. The standard InChI is InChI=1S/C20H16N2O3S2/c1-24-13-7-12(8-14(9-13)25-2)17(23)10-15-3-4-19(26-15)20-22-16-11-21-6-5-18(16)27-20/h3-9,11H,10H2,1-2H3. The molecule has 0 aliphatic carbocycles. The number of ketones is 1. The Kier molecular flexibility index (Phi) is 4.87. The smallest absolute Gasteiger partial charge is 0.168 e. The van der Waals surface area contributed by atoms with E-state index in [2.05, 4.69) is 9.97 Å². The van der Waals surface area contributed by atoms with E-state index >= 15 is 0 Å². The first-order valence-electron chi connectivity index (χ1n) is 8.22. The van der Waals surface area contributed by atoms with Crippen molar-refractivity contribution in [2.75, 3.05) is 14.2 Å². The summed E-state index contributed by atoms with van der Waals surface area (Å²) in [6.07, 6.45) is 3.86. The largest absolute Gasteiger partial charge is 0.497 e. The molecule has 3 aromatic heterocycles. The van der Waals surface area contributed by atoms with Crippen LogP contribution in [-0.2, 0) is 6.42 Å². The van der Waals surface area contributed by atoms with Gasteiger partial charge in [-0.05, 0) is 30.3 Å². The molecule has 0 saturated heterocycles. The first-order valence-corrected chi connectivity index (χ1v) is 9.85. The van der Waals surface area contributed by atoms with Crippen molar-refractivity contribution in [2.45, 2.75) is 6.42 Å². The van der Waals surface area contributed by atoms with E-state index < -0.39 is 0 Å². The molecule has 7 heteroatoms. The number of benzene rings is 1. The Bertz CT molecular complexity index is 1060. The van der Waals surface area contributed by atoms with E-state index in [1.165, 1.54) is 0 Å². The van der Waals surface area contributed by atoms with E-state index in [-0.39, 0.29) is 5.78 Å². The molecule has 0 aliphatic heterocycles. The molecule has 27 heavy (non-hydrogen) atoms. The van der Waals surface area contributed by atoms with Crippen LogP contribution in [0.25, 0.3) is 20.1 Å². The van der Waals surface area contributed by atoms with Crippen molar-refractivity contribution in [1.82, 2.24) is 9.97 Å². The summed E-state index contributed by atoms with van der Waals surface area (Å²) in [6.45, 7) is 0. The third kappa shape index (κ3) is 3.70. The quantitative estimate of drug-likeness (QED) is 0.436. The van der Waals surface area contributed by atoms with Gasteiger partial charge in [0.2, 0.25) is 0 Å². The molecule has 1 aromatic carbocycles. The van der Waals surface area contributed by atoms with Crippen LogP contribution in [0.5, 0.6) is 11.5 Å². The number of carbonyl (C=O) groups excluding carboxylic acids is 1. The molecule has 4 aromatic rings. The van der Waals surface area contributed by atoms with Crippen molar-refractivity contribution in [2.24, 2.45) is 0 Å². The second-order valence-corrected chi connectivity index (χ2v) is 8.03. The highest BCUT2D eigenvalue weighted by Gasteiger charge is 2.14. The number of thiazole rings is 1. The third-order valence-electron chi connectivity index (χ3n) is 4.07. The van der Waals surface area contributed by atoms with Crippen LogP contribution in [-0.4, -0.2) is 30.0 Å². The predicted molar refractivity (Wildman–Crippen MR) is 108 cm³/mol.